The number of fused-ring (bicyclic) bond motifs is 1. The molecule has 1 fully saturated rings. The number of aliphatic hydroxyl groups excluding tert-OH is 1. The minimum absolute atomic E-state index is 0.109. The number of aliphatic hydroxyl groups is 1. The van der Waals surface area contributed by atoms with Gasteiger partial charge in [0.15, 0.2) is 8.32 Å². The van der Waals surface area contributed by atoms with E-state index in [0.29, 0.717) is 13.0 Å². The Balaban J connectivity index is 1.32. The molecule has 1 N–H and O–H groups in total. The summed E-state index contributed by atoms with van der Waals surface area (Å²) in [5.74, 6) is 0.745. The molecule has 4 aromatic carbocycles. The van der Waals surface area contributed by atoms with E-state index in [-0.39, 0.29) is 48.5 Å². The van der Waals surface area contributed by atoms with Crippen LogP contribution in [0.3, 0.4) is 0 Å². The van der Waals surface area contributed by atoms with Gasteiger partial charge in [0.25, 0.3) is 8.32 Å². The molecule has 5 aromatic rings. The van der Waals surface area contributed by atoms with Crippen LogP contribution in [0.5, 0.6) is 0 Å². The molecule has 8 nitrogen and oxygen atoms in total. The normalized spacial score (nSPS) is 17.4. The number of imidazole rings is 1. The summed E-state index contributed by atoms with van der Waals surface area (Å²) in [6.07, 6.45) is 0.546. The van der Waals surface area contributed by atoms with Crippen LogP contribution < -0.4 is 10.4 Å². The Kier molecular flexibility index (Phi) is 13.9. The van der Waals surface area contributed by atoms with Gasteiger partial charge in [-0.25, -0.2) is 9.78 Å². The maximum atomic E-state index is 13.9. The second kappa shape index (κ2) is 18.4. The number of amides is 1. The Bertz CT molecular complexity index is 2060. The van der Waals surface area contributed by atoms with E-state index in [4.69, 9.17) is 18.6 Å². The molecule has 1 amide bonds. The fourth-order valence-corrected chi connectivity index (χ4v) is 17.7. The smallest absolute Gasteiger partial charge is 0.410 e. The summed E-state index contributed by atoms with van der Waals surface area (Å²) in [6, 6.07) is 37.7. The molecule has 11 heteroatoms. The average Bonchev–Trinajstić information content (AvgIpc) is 3.49. The molecule has 0 spiro atoms. The molecule has 1 aromatic heterocycles. The first-order valence-corrected chi connectivity index (χ1v) is 26.5. The fourth-order valence-electron chi connectivity index (χ4n) is 9.16. The monoisotopic (exact) mass is 883 g/mol. The van der Waals surface area contributed by atoms with Crippen molar-refractivity contribution in [1.29, 1.82) is 0 Å². The number of benzene rings is 4. The van der Waals surface area contributed by atoms with Gasteiger partial charge < -0.3 is 28.2 Å². The lowest BCUT2D eigenvalue weighted by molar-refractivity contribution is -0.0120. The Morgan fingerprint density at radius 1 is 0.879 bits per heavy atom. The van der Waals surface area contributed by atoms with E-state index < -0.39 is 22.7 Å². The van der Waals surface area contributed by atoms with Crippen molar-refractivity contribution in [3.05, 3.63) is 125 Å². The van der Waals surface area contributed by atoms with Crippen LogP contribution >= 0.6 is 15.9 Å². The highest BCUT2D eigenvalue weighted by Gasteiger charge is 2.50. The van der Waals surface area contributed by atoms with E-state index in [9.17, 15) is 9.90 Å². The van der Waals surface area contributed by atoms with Crippen molar-refractivity contribution in [2.24, 2.45) is 5.41 Å². The first-order chi connectivity index (χ1) is 27.5. The van der Waals surface area contributed by atoms with Crippen molar-refractivity contribution in [3.8, 4) is 0 Å². The number of piperidine rings is 1. The number of rotatable bonds is 14. The second-order valence-corrected chi connectivity index (χ2v) is 28.0. The number of halogens is 1. The van der Waals surface area contributed by atoms with E-state index >= 15 is 0 Å². The lowest BCUT2D eigenvalue weighted by Crippen LogP contribution is -2.66. The molecule has 0 radical (unpaired) electrons. The van der Waals surface area contributed by atoms with Crippen LogP contribution in [0.4, 0.5) is 4.79 Å². The number of ether oxygens (including phenoxy) is 1. The molecule has 6 rings (SSSR count). The molecule has 1 aliphatic rings. The van der Waals surface area contributed by atoms with Gasteiger partial charge in [0.2, 0.25) is 0 Å². The van der Waals surface area contributed by atoms with Crippen LogP contribution in [0, 0.1) is 5.41 Å². The second-order valence-electron chi connectivity index (χ2n) is 18.7. The van der Waals surface area contributed by atoms with Gasteiger partial charge in [-0.15, -0.1) is 0 Å². The van der Waals surface area contributed by atoms with Crippen molar-refractivity contribution in [3.63, 3.8) is 0 Å². The van der Waals surface area contributed by atoms with Crippen molar-refractivity contribution in [1.82, 2.24) is 14.5 Å². The van der Waals surface area contributed by atoms with Gasteiger partial charge in [-0.05, 0) is 83.0 Å². The molecule has 0 bridgehead atoms. The number of hydrogen-bond donors (Lipinski definition) is 1. The number of nitrogens with zero attached hydrogens (tertiary/aromatic N) is 3. The summed E-state index contributed by atoms with van der Waals surface area (Å²) < 4.78 is 23.4. The first-order valence-electron chi connectivity index (χ1n) is 20.7. The SMILES string of the molecule is CC(C)(C)C[Si](C)(C)O[C@H]1CCCN(C(=O)OCc2ccccc2)[C@@H]1CC(O)Cn1c(CO[Si](c2ccccc2)(c2ccccc2)C(C)(C)C)nc2cc(Br)ccc21. The van der Waals surface area contributed by atoms with Gasteiger partial charge >= 0.3 is 6.09 Å². The number of carbonyl (C=O) groups is 1. The third-order valence-corrected chi connectivity index (χ3v) is 19.4. The topological polar surface area (TPSA) is 86.0 Å². The third kappa shape index (κ3) is 10.6. The number of aromatic nitrogens is 2. The van der Waals surface area contributed by atoms with E-state index in [2.05, 4.69) is 136 Å². The molecule has 1 saturated heterocycles. The maximum absolute atomic E-state index is 13.9. The van der Waals surface area contributed by atoms with E-state index in [1.165, 1.54) is 10.4 Å². The largest absolute Gasteiger partial charge is 0.445 e. The molecule has 58 heavy (non-hydrogen) atoms. The van der Waals surface area contributed by atoms with Crippen molar-refractivity contribution < 1.29 is 23.5 Å². The number of hydrogen-bond acceptors (Lipinski definition) is 6. The van der Waals surface area contributed by atoms with Gasteiger partial charge in [-0.1, -0.05) is 148 Å². The Labute approximate surface area is 356 Å². The van der Waals surface area contributed by atoms with Crippen LogP contribution in [0.2, 0.25) is 24.2 Å². The number of likely N-dealkylation sites (tertiary alicyclic amines) is 1. The summed E-state index contributed by atoms with van der Waals surface area (Å²) in [5.41, 5.74) is 2.78. The van der Waals surface area contributed by atoms with Crippen LogP contribution in [0.25, 0.3) is 11.0 Å². The molecular weight excluding hydrogens is 823 g/mol. The Morgan fingerprint density at radius 3 is 2.07 bits per heavy atom. The summed E-state index contributed by atoms with van der Waals surface area (Å²) in [5, 5.41) is 14.4. The summed E-state index contributed by atoms with van der Waals surface area (Å²) in [7, 11) is -5.05. The van der Waals surface area contributed by atoms with E-state index in [1.807, 2.05) is 53.4 Å². The van der Waals surface area contributed by atoms with Gasteiger partial charge in [-0.3, -0.25) is 0 Å². The van der Waals surface area contributed by atoms with Gasteiger partial charge in [0, 0.05) is 11.0 Å². The molecule has 1 unspecified atom stereocenters. The predicted molar refractivity (Wildman–Crippen MR) is 243 cm³/mol. The maximum Gasteiger partial charge on any atom is 0.410 e. The van der Waals surface area contributed by atoms with Crippen LogP contribution in [0.15, 0.2) is 114 Å². The lowest BCUT2D eigenvalue weighted by Gasteiger charge is -2.45. The first kappa shape index (κ1) is 44.0. The minimum atomic E-state index is -2.89. The highest BCUT2D eigenvalue weighted by Crippen LogP contribution is 2.38. The van der Waals surface area contributed by atoms with E-state index in [1.54, 1.807) is 0 Å². The number of carbonyl (C=O) groups excluding carboxylic acids is 1. The Hall–Kier alpha value is -3.59. The average molecular weight is 885 g/mol. The summed E-state index contributed by atoms with van der Waals surface area (Å²) in [6.45, 7) is 19.4. The predicted octanol–water partition coefficient (Wildman–Crippen LogP) is 10.1. The molecule has 1 aliphatic heterocycles. The zero-order valence-corrected chi connectivity index (χ0v) is 39.2. The summed E-state index contributed by atoms with van der Waals surface area (Å²) in [4.78, 5) is 20.9. The third-order valence-electron chi connectivity index (χ3n) is 11.1. The molecule has 310 valence electrons. The van der Waals surface area contributed by atoms with Gasteiger partial charge in [0.05, 0.1) is 42.4 Å². The van der Waals surface area contributed by atoms with Crippen LogP contribution in [-0.2, 0) is 33.3 Å². The van der Waals surface area contributed by atoms with Gasteiger partial charge in [-0.2, -0.15) is 0 Å². The zero-order valence-electron chi connectivity index (χ0n) is 35.6. The lowest BCUT2D eigenvalue weighted by atomic mass is 9.94. The van der Waals surface area contributed by atoms with Crippen molar-refractivity contribution in [2.75, 3.05) is 6.54 Å². The van der Waals surface area contributed by atoms with Crippen molar-refractivity contribution >= 4 is 60.1 Å². The summed E-state index contributed by atoms with van der Waals surface area (Å²) >= 11 is 3.65. The standard InChI is InChI=1S/C47H62BrN3O5Si2/c1-46(2,3)34-57(7,8)56-43-25-18-28-50(45(53)54-32-35-19-12-9-13-20-35)42(43)30-37(52)31-51-41-27-26-36(48)29-40(41)49-44(51)33-55-58(47(4,5)6,38-21-14-10-15-22-38)39-23-16-11-17-24-39/h9-17,19-24,26-27,29,37,42-43,52H,18,25,28,30-34H2,1-8H3/t37?,42-,43+/m1/s1. The van der Waals surface area contributed by atoms with E-state index in [0.717, 1.165) is 45.8 Å². The van der Waals surface area contributed by atoms with Crippen molar-refractivity contribution in [2.45, 2.75) is 123 Å². The molecule has 0 saturated carbocycles. The molecule has 3 atom stereocenters. The quantitative estimate of drug-likeness (QED) is 0.112. The molecular formula is C47H62BrN3O5Si2. The van der Waals surface area contributed by atoms with Crippen LogP contribution in [0.1, 0.15) is 72.2 Å². The molecule has 0 aliphatic carbocycles. The Morgan fingerprint density at radius 2 is 1.48 bits per heavy atom. The highest BCUT2D eigenvalue weighted by atomic mass is 79.9. The highest BCUT2D eigenvalue weighted by molar-refractivity contribution is 9.10. The molecule has 2 heterocycles. The zero-order chi connectivity index (χ0) is 41.7. The fraction of sp³-hybridized carbons (Fsp3) is 0.447. The minimum Gasteiger partial charge on any atom is -0.445 e. The van der Waals surface area contributed by atoms with Crippen LogP contribution in [-0.4, -0.2) is 67.1 Å². The van der Waals surface area contributed by atoms with Gasteiger partial charge in [0.1, 0.15) is 12.4 Å².